The lowest BCUT2D eigenvalue weighted by atomic mass is 9.53. The molecule has 4 fully saturated rings. The zero-order chi connectivity index (χ0) is 29.3. The molecule has 220 valence electrons. The van der Waals surface area contributed by atoms with Crippen LogP contribution in [-0.2, 0) is 20.0 Å². The fourth-order valence-corrected chi connectivity index (χ4v) is 9.06. The van der Waals surface area contributed by atoms with Crippen LogP contribution in [0.5, 0.6) is 5.75 Å². The number of nitrogens with zero attached hydrogens (tertiary/aromatic N) is 4. The van der Waals surface area contributed by atoms with E-state index in [2.05, 4.69) is 75.7 Å². The fraction of sp³-hybridized carbons (Fsp3) is 0.368. The van der Waals surface area contributed by atoms with E-state index < -0.39 is 0 Å². The molecule has 10 rings (SSSR count). The second-order valence-corrected chi connectivity index (χ2v) is 14.0. The summed E-state index contributed by atoms with van der Waals surface area (Å²) < 4.78 is 10.6. The summed E-state index contributed by atoms with van der Waals surface area (Å²) in [6.07, 6.45) is 8.36. The number of fused-ring (bicyclic) bond motifs is 3. The van der Waals surface area contributed by atoms with Crippen molar-refractivity contribution in [2.75, 3.05) is 13.7 Å². The minimum absolute atomic E-state index is 0.133. The molecule has 5 aromatic rings. The second kappa shape index (κ2) is 8.87. The van der Waals surface area contributed by atoms with E-state index in [1.807, 2.05) is 12.1 Å². The maximum Gasteiger partial charge on any atom is 0.254 e. The van der Waals surface area contributed by atoms with Crippen LogP contribution >= 0.6 is 0 Å². The number of allylic oxidation sites excluding steroid dienone is 1. The van der Waals surface area contributed by atoms with Crippen LogP contribution in [0, 0.1) is 23.7 Å². The normalized spacial score (nSPS) is 24.7. The van der Waals surface area contributed by atoms with Gasteiger partial charge in [0.05, 0.1) is 18.3 Å². The molecule has 2 unspecified atom stereocenters. The summed E-state index contributed by atoms with van der Waals surface area (Å²) in [5.74, 6) is 4.79. The highest BCUT2D eigenvalue weighted by Gasteiger charge is 2.61. The summed E-state index contributed by atoms with van der Waals surface area (Å²) in [5, 5.41) is 1.24. The summed E-state index contributed by atoms with van der Waals surface area (Å²) in [6, 6.07) is 22.3. The van der Waals surface area contributed by atoms with E-state index in [-0.39, 0.29) is 5.91 Å². The van der Waals surface area contributed by atoms with E-state index in [1.54, 1.807) is 7.11 Å². The van der Waals surface area contributed by atoms with E-state index in [9.17, 15) is 4.79 Å². The van der Waals surface area contributed by atoms with E-state index in [1.165, 1.54) is 58.8 Å². The SMILES string of the molecule is COc1cc(C(=O)N2C[C@H]3CC4CC2[C@H]43)cc2nc(-c3cc4cc(C5=Cc6ccccc6C5)ccc4n3CC3CC3)n(C)c12. The molecule has 1 saturated heterocycles. The van der Waals surface area contributed by atoms with Crippen molar-refractivity contribution < 1.29 is 9.53 Å². The first kappa shape index (κ1) is 25.1. The van der Waals surface area contributed by atoms with Crippen LogP contribution in [0.2, 0.25) is 0 Å². The van der Waals surface area contributed by atoms with Gasteiger partial charge in [0.2, 0.25) is 0 Å². The molecule has 6 heteroatoms. The lowest BCUT2D eigenvalue weighted by Crippen LogP contribution is -2.53. The van der Waals surface area contributed by atoms with Crippen molar-refractivity contribution in [3.05, 3.63) is 82.9 Å². The Balaban J connectivity index is 1.07. The van der Waals surface area contributed by atoms with Gasteiger partial charge in [-0.05, 0) is 108 Å². The Bertz CT molecular complexity index is 2080. The van der Waals surface area contributed by atoms with E-state index in [0.717, 1.165) is 53.9 Å². The molecule has 2 aromatic heterocycles. The van der Waals surface area contributed by atoms with Gasteiger partial charge in [-0.15, -0.1) is 0 Å². The maximum atomic E-state index is 13.8. The number of imidazole rings is 1. The minimum atomic E-state index is 0.133. The van der Waals surface area contributed by atoms with E-state index in [0.29, 0.717) is 29.2 Å². The zero-order valence-electron chi connectivity index (χ0n) is 25.3. The second-order valence-electron chi connectivity index (χ2n) is 14.0. The van der Waals surface area contributed by atoms with Crippen LogP contribution < -0.4 is 4.74 Å². The number of rotatable bonds is 6. The highest BCUT2D eigenvalue weighted by atomic mass is 16.5. The van der Waals surface area contributed by atoms with Gasteiger partial charge in [-0.2, -0.15) is 0 Å². The van der Waals surface area contributed by atoms with Crippen LogP contribution in [0.25, 0.3) is 45.1 Å². The predicted molar refractivity (Wildman–Crippen MR) is 173 cm³/mol. The Hall–Kier alpha value is -4.32. The van der Waals surface area contributed by atoms with Crippen LogP contribution in [-0.4, -0.2) is 44.6 Å². The number of aryl methyl sites for hydroxylation is 1. The Morgan fingerprint density at radius 3 is 2.70 bits per heavy atom. The number of aromatic nitrogens is 3. The molecule has 4 aliphatic carbocycles. The lowest BCUT2D eigenvalue weighted by molar-refractivity contribution is -0.0204. The van der Waals surface area contributed by atoms with Gasteiger partial charge >= 0.3 is 0 Å². The lowest BCUT2D eigenvalue weighted by Gasteiger charge is -2.52. The van der Waals surface area contributed by atoms with Crippen molar-refractivity contribution in [1.82, 2.24) is 19.0 Å². The summed E-state index contributed by atoms with van der Waals surface area (Å²) in [5.41, 5.74) is 10.2. The van der Waals surface area contributed by atoms with E-state index >= 15 is 0 Å². The van der Waals surface area contributed by atoms with Crippen LogP contribution in [0.3, 0.4) is 0 Å². The third-order valence-electron chi connectivity index (χ3n) is 11.6. The Morgan fingerprint density at radius 2 is 1.91 bits per heavy atom. The van der Waals surface area contributed by atoms with Gasteiger partial charge in [-0.3, -0.25) is 4.79 Å². The van der Waals surface area contributed by atoms with Gasteiger partial charge in [-0.25, -0.2) is 4.98 Å². The van der Waals surface area contributed by atoms with Crippen molar-refractivity contribution in [3.63, 3.8) is 0 Å². The molecule has 1 aliphatic heterocycles. The average Bonchev–Trinajstić information content (AvgIpc) is 3.49. The number of amides is 1. The molecule has 3 saturated carbocycles. The first-order valence-corrected chi connectivity index (χ1v) is 16.3. The van der Waals surface area contributed by atoms with Crippen LogP contribution in [0.4, 0.5) is 0 Å². The molecule has 6 nitrogen and oxygen atoms in total. The molecule has 4 atom stereocenters. The van der Waals surface area contributed by atoms with Crippen LogP contribution in [0.15, 0.2) is 60.7 Å². The number of carbonyl (C=O) groups is 1. The molecule has 0 N–H and O–H groups in total. The number of carbonyl (C=O) groups excluding carboxylic acids is 1. The summed E-state index contributed by atoms with van der Waals surface area (Å²) in [7, 11) is 3.77. The van der Waals surface area contributed by atoms with Crippen molar-refractivity contribution in [2.45, 2.75) is 44.7 Å². The third kappa shape index (κ3) is 3.48. The zero-order valence-corrected chi connectivity index (χ0v) is 25.3. The minimum Gasteiger partial charge on any atom is -0.494 e. The highest BCUT2D eigenvalue weighted by molar-refractivity contribution is 6.01. The van der Waals surface area contributed by atoms with E-state index in [4.69, 9.17) is 9.72 Å². The smallest absolute Gasteiger partial charge is 0.254 e. The van der Waals surface area contributed by atoms with Gasteiger partial charge in [0.25, 0.3) is 5.91 Å². The monoisotopic (exact) mass is 580 g/mol. The van der Waals surface area contributed by atoms with Crippen molar-refractivity contribution in [2.24, 2.45) is 30.7 Å². The first-order valence-electron chi connectivity index (χ1n) is 16.3. The first-order chi connectivity index (χ1) is 21.5. The molecule has 0 bridgehead atoms. The molecule has 1 amide bonds. The largest absolute Gasteiger partial charge is 0.494 e. The molecule has 0 spiro atoms. The molecule has 5 aliphatic rings. The van der Waals surface area contributed by atoms with Crippen LogP contribution in [0.1, 0.15) is 52.7 Å². The summed E-state index contributed by atoms with van der Waals surface area (Å²) in [4.78, 5) is 21.2. The Kier molecular flexibility index (Phi) is 5.05. The molecule has 3 aromatic carbocycles. The topological polar surface area (TPSA) is 52.3 Å². The molecule has 3 heterocycles. The predicted octanol–water partition coefficient (Wildman–Crippen LogP) is 7.19. The van der Waals surface area contributed by atoms with Gasteiger partial charge in [0.15, 0.2) is 5.82 Å². The standard InChI is InChI=1S/C38H36N4O2/c1-40-36-30(15-28(18-34(36)44-2)38(43)42-20-29-14-27-17-32(42)35(27)29)39-37(40)33-16-26-13-24(9-10-31(26)41(33)19-21-7-8-21)25-11-22-5-3-4-6-23(22)12-25/h3-6,9-11,13,15-16,18,21,27,29,32,35H,7-8,12,14,17,19-20H2,1-2H3/t27?,29-,32?,35-/m1/s1. The third-order valence-corrected chi connectivity index (χ3v) is 11.6. The number of hydrogen-bond acceptors (Lipinski definition) is 3. The Labute approximate surface area is 256 Å². The van der Waals surface area contributed by atoms with Gasteiger partial charge in [0, 0.05) is 42.6 Å². The quantitative estimate of drug-likeness (QED) is 0.214. The Morgan fingerprint density at radius 1 is 1.02 bits per heavy atom. The molecule has 0 radical (unpaired) electrons. The number of hydrogen-bond donors (Lipinski definition) is 0. The molecule has 44 heavy (non-hydrogen) atoms. The number of benzene rings is 3. The number of methoxy groups -OCH3 is 1. The van der Waals surface area contributed by atoms with Gasteiger partial charge in [-0.1, -0.05) is 36.4 Å². The molecular formula is C38H36N4O2. The highest BCUT2D eigenvalue weighted by Crippen LogP contribution is 2.60. The van der Waals surface area contributed by atoms with Gasteiger partial charge in [0.1, 0.15) is 11.3 Å². The summed E-state index contributed by atoms with van der Waals surface area (Å²) in [6.45, 7) is 1.90. The molecular weight excluding hydrogens is 544 g/mol. The van der Waals surface area contributed by atoms with Crippen molar-refractivity contribution in [3.8, 4) is 17.3 Å². The number of likely N-dealkylation sites (tertiary alicyclic amines) is 1. The van der Waals surface area contributed by atoms with Crippen molar-refractivity contribution >= 4 is 39.5 Å². The van der Waals surface area contributed by atoms with Crippen molar-refractivity contribution in [1.29, 1.82) is 0 Å². The maximum absolute atomic E-state index is 13.8. The summed E-state index contributed by atoms with van der Waals surface area (Å²) >= 11 is 0. The fourth-order valence-electron chi connectivity index (χ4n) is 9.06. The van der Waals surface area contributed by atoms with Gasteiger partial charge < -0.3 is 18.8 Å². The number of ether oxygens (including phenoxy) is 1. The average molecular weight is 581 g/mol.